The molecule has 2 aromatic rings. The van der Waals surface area contributed by atoms with Gasteiger partial charge in [-0.1, -0.05) is 32.0 Å². The highest BCUT2D eigenvalue weighted by molar-refractivity contribution is 5.91. The number of rotatable bonds is 7. The van der Waals surface area contributed by atoms with Crippen LogP contribution in [-0.4, -0.2) is 23.4 Å². The Morgan fingerprint density at radius 2 is 2.08 bits per heavy atom. The lowest BCUT2D eigenvalue weighted by Crippen LogP contribution is -2.23. The molecule has 0 aliphatic rings. The van der Waals surface area contributed by atoms with Gasteiger partial charge in [0.15, 0.2) is 0 Å². The van der Waals surface area contributed by atoms with Crippen molar-refractivity contribution >= 4 is 18.0 Å². The molecule has 0 aliphatic carbocycles. The van der Waals surface area contributed by atoms with E-state index in [1.54, 1.807) is 38.4 Å². The van der Waals surface area contributed by atoms with Crippen molar-refractivity contribution in [3.05, 3.63) is 66.0 Å². The van der Waals surface area contributed by atoms with Crippen LogP contribution in [0.1, 0.15) is 25.0 Å². The van der Waals surface area contributed by atoms with Crippen molar-refractivity contribution < 1.29 is 14.3 Å². The first-order chi connectivity index (χ1) is 12.0. The molecule has 0 unspecified atom stereocenters. The molecule has 1 N–H and O–H groups in total. The molecule has 2 rings (SSSR count). The van der Waals surface area contributed by atoms with Crippen LogP contribution in [0, 0.1) is 5.92 Å². The van der Waals surface area contributed by atoms with E-state index in [9.17, 15) is 9.59 Å². The number of ether oxygens (including phenoxy) is 1. The fraction of sp³-hybridized carbons (Fsp3) is 0.250. The molecule has 1 amide bonds. The summed E-state index contributed by atoms with van der Waals surface area (Å²) in [6, 6.07) is 11.0. The Kier molecular flexibility index (Phi) is 6.89. The second-order valence-electron chi connectivity index (χ2n) is 5.88. The van der Waals surface area contributed by atoms with Gasteiger partial charge in [-0.2, -0.15) is 0 Å². The number of nitrogens with zero attached hydrogens (tertiary/aromatic N) is 1. The number of carbonyl (C=O) groups is 2. The maximum atomic E-state index is 11.8. The van der Waals surface area contributed by atoms with E-state index in [2.05, 4.69) is 10.3 Å². The minimum atomic E-state index is -0.258. The highest BCUT2D eigenvalue weighted by atomic mass is 16.5. The average Bonchev–Trinajstić information content (AvgIpc) is 2.61. The van der Waals surface area contributed by atoms with Gasteiger partial charge < -0.3 is 10.1 Å². The van der Waals surface area contributed by atoms with Gasteiger partial charge in [0.2, 0.25) is 5.91 Å². The van der Waals surface area contributed by atoms with Crippen LogP contribution in [0.25, 0.3) is 6.08 Å². The van der Waals surface area contributed by atoms with E-state index in [-0.39, 0.29) is 17.8 Å². The molecule has 0 saturated carbocycles. The minimum Gasteiger partial charge on any atom is -0.426 e. The van der Waals surface area contributed by atoms with E-state index < -0.39 is 0 Å². The molecular formula is C20H22N2O3. The molecule has 25 heavy (non-hydrogen) atoms. The summed E-state index contributed by atoms with van der Waals surface area (Å²) >= 11 is 0. The van der Waals surface area contributed by atoms with Crippen molar-refractivity contribution in [2.45, 2.75) is 20.3 Å². The summed E-state index contributed by atoms with van der Waals surface area (Å²) in [4.78, 5) is 27.4. The van der Waals surface area contributed by atoms with Gasteiger partial charge in [0.1, 0.15) is 5.75 Å². The molecule has 0 spiro atoms. The summed E-state index contributed by atoms with van der Waals surface area (Å²) in [7, 11) is 0. The highest BCUT2D eigenvalue weighted by Crippen LogP contribution is 2.15. The van der Waals surface area contributed by atoms with Crippen molar-refractivity contribution in [2.24, 2.45) is 5.92 Å². The topological polar surface area (TPSA) is 68.3 Å². The second-order valence-corrected chi connectivity index (χ2v) is 5.88. The van der Waals surface area contributed by atoms with Crippen LogP contribution in [0.15, 0.2) is 54.9 Å². The Morgan fingerprint density at radius 3 is 2.80 bits per heavy atom. The van der Waals surface area contributed by atoms with E-state index in [1.165, 1.54) is 6.08 Å². The van der Waals surface area contributed by atoms with E-state index in [1.807, 2.05) is 30.3 Å². The number of amides is 1. The van der Waals surface area contributed by atoms with Crippen LogP contribution in [0.5, 0.6) is 5.75 Å². The molecule has 5 nitrogen and oxygen atoms in total. The normalized spacial score (nSPS) is 10.8. The molecule has 0 atom stereocenters. The summed E-state index contributed by atoms with van der Waals surface area (Å²) in [6.07, 6.45) is 7.23. The molecule has 0 radical (unpaired) electrons. The minimum absolute atomic E-state index is 0.161. The fourth-order valence-electron chi connectivity index (χ4n) is 2.03. The van der Waals surface area contributed by atoms with Gasteiger partial charge in [0.25, 0.3) is 0 Å². The number of hydrogen-bond acceptors (Lipinski definition) is 4. The average molecular weight is 338 g/mol. The Labute approximate surface area is 147 Å². The quantitative estimate of drug-likeness (QED) is 0.479. The molecule has 0 aliphatic heterocycles. The van der Waals surface area contributed by atoms with Gasteiger partial charge in [0.05, 0.1) is 5.92 Å². The van der Waals surface area contributed by atoms with Crippen molar-refractivity contribution in [2.75, 3.05) is 6.54 Å². The van der Waals surface area contributed by atoms with Gasteiger partial charge in [-0.25, -0.2) is 0 Å². The van der Waals surface area contributed by atoms with Gasteiger partial charge >= 0.3 is 5.97 Å². The van der Waals surface area contributed by atoms with Crippen molar-refractivity contribution in [1.82, 2.24) is 10.3 Å². The summed E-state index contributed by atoms with van der Waals surface area (Å²) in [5.41, 5.74) is 1.86. The first kappa shape index (κ1) is 18.4. The molecule has 0 saturated heterocycles. The maximum absolute atomic E-state index is 11.8. The molecule has 1 aromatic heterocycles. The lowest BCUT2D eigenvalue weighted by Gasteiger charge is -2.08. The van der Waals surface area contributed by atoms with Crippen molar-refractivity contribution in [3.63, 3.8) is 0 Å². The summed E-state index contributed by atoms with van der Waals surface area (Å²) in [6.45, 7) is 4.08. The lowest BCUT2D eigenvalue weighted by atomic mass is 10.1. The summed E-state index contributed by atoms with van der Waals surface area (Å²) in [5.74, 6) is -0.0641. The van der Waals surface area contributed by atoms with Crippen molar-refractivity contribution in [1.29, 1.82) is 0 Å². The second kappa shape index (κ2) is 9.37. The van der Waals surface area contributed by atoms with Crippen LogP contribution in [0.3, 0.4) is 0 Å². The van der Waals surface area contributed by atoms with Crippen molar-refractivity contribution in [3.8, 4) is 5.75 Å². The third-order valence-corrected chi connectivity index (χ3v) is 3.41. The van der Waals surface area contributed by atoms with E-state index in [0.717, 1.165) is 11.1 Å². The zero-order valence-electron chi connectivity index (χ0n) is 14.4. The predicted octanol–water partition coefficient (Wildman–Crippen LogP) is 3.02. The van der Waals surface area contributed by atoms with Crippen LogP contribution < -0.4 is 10.1 Å². The van der Waals surface area contributed by atoms with Crippen LogP contribution >= 0.6 is 0 Å². The van der Waals surface area contributed by atoms with Crippen LogP contribution in [-0.2, 0) is 16.0 Å². The van der Waals surface area contributed by atoms with Gasteiger partial charge in [0, 0.05) is 25.0 Å². The molecule has 1 aromatic carbocycles. The lowest BCUT2D eigenvalue weighted by molar-refractivity contribution is -0.137. The predicted molar refractivity (Wildman–Crippen MR) is 96.9 cm³/mol. The Morgan fingerprint density at radius 1 is 1.24 bits per heavy atom. The first-order valence-corrected chi connectivity index (χ1v) is 8.21. The van der Waals surface area contributed by atoms with Gasteiger partial charge in [-0.15, -0.1) is 0 Å². The number of esters is 1. The Hall–Kier alpha value is -2.95. The van der Waals surface area contributed by atoms with E-state index in [0.29, 0.717) is 18.7 Å². The largest absolute Gasteiger partial charge is 0.426 e. The highest BCUT2D eigenvalue weighted by Gasteiger charge is 2.09. The fourth-order valence-corrected chi connectivity index (χ4v) is 2.03. The summed E-state index contributed by atoms with van der Waals surface area (Å²) in [5, 5.41) is 2.83. The number of benzene rings is 1. The molecule has 0 bridgehead atoms. The molecule has 0 fully saturated rings. The Bertz CT molecular complexity index is 740. The van der Waals surface area contributed by atoms with E-state index in [4.69, 9.17) is 4.74 Å². The standard InChI is InChI=1S/C20H22N2O3/c1-15(2)20(24)25-18-7-3-5-16(13-18)10-12-22-19(23)9-8-17-6-4-11-21-14-17/h3-9,11,13-15H,10,12H2,1-2H3,(H,22,23). The SMILES string of the molecule is CC(C)C(=O)Oc1cccc(CCNC(=O)C=Cc2cccnc2)c1. The van der Waals surface area contributed by atoms with Crippen LogP contribution in [0.2, 0.25) is 0 Å². The number of hydrogen-bond donors (Lipinski definition) is 1. The number of pyridine rings is 1. The smallest absolute Gasteiger partial charge is 0.313 e. The monoisotopic (exact) mass is 338 g/mol. The van der Waals surface area contributed by atoms with E-state index >= 15 is 0 Å². The molecular weight excluding hydrogens is 316 g/mol. The zero-order valence-corrected chi connectivity index (χ0v) is 14.4. The van der Waals surface area contributed by atoms with Crippen LogP contribution in [0.4, 0.5) is 0 Å². The Balaban J connectivity index is 1.80. The molecule has 1 heterocycles. The van der Waals surface area contributed by atoms with Gasteiger partial charge in [-0.3, -0.25) is 14.6 Å². The molecule has 130 valence electrons. The number of nitrogens with one attached hydrogen (secondary N) is 1. The summed E-state index contributed by atoms with van der Waals surface area (Å²) < 4.78 is 5.29. The number of carbonyl (C=O) groups excluding carboxylic acids is 2. The third-order valence-electron chi connectivity index (χ3n) is 3.41. The number of aromatic nitrogens is 1. The molecule has 5 heteroatoms. The zero-order chi connectivity index (χ0) is 18.1. The maximum Gasteiger partial charge on any atom is 0.313 e. The van der Waals surface area contributed by atoms with Gasteiger partial charge in [-0.05, 0) is 41.8 Å². The first-order valence-electron chi connectivity index (χ1n) is 8.21. The third kappa shape index (κ3) is 6.59.